The molecule has 0 amide bonds. The van der Waals surface area contributed by atoms with Crippen molar-refractivity contribution < 1.29 is 9.47 Å². The van der Waals surface area contributed by atoms with Crippen molar-refractivity contribution in [2.45, 2.75) is 30.8 Å². The highest BCUT2D eigenvalue weighted by Gasteiger charge is 2.14. The van der Waals surface area contributed by atoms with E-state index < -0.39 is 0 Å². The van der Waals surface area contributed by atoms with Crippen molar-refractivity contribution in [3.05, 3.63) is 0 Å². The Morgan fingerprint density at radius 2 is 2.00 bits per heavy atom. The number of rotatable bonds is 8. The van der Waals surface area contributed by atoms with Gasteiger partial charge < -0.3 is 14.4 Å². The number of hydrogen-bond acceptors (Lipinski definition) is 7. The van der Waals surface area contributed by atoms with Crippen LogP contribution in [-0.2, 0) is 16.0 Å². The Balaban J connectivity index is 1.78. The Morgan fingerprint density at radius 1 is 1.26 bits per heavy atom. The fourth-order valence-corrected chi connectivity index (χ4v) is 2.96. The minimum atomic E-state index is -0.318. The van der Waals surface area contributed by atoms with Crippen LogP contribution in [0.3, 0.4) is 0 Å². The van der Waals surface area contributed by atoms with Gasteiger partial charge in [-0.05, 0) is 36.4 Å². The summed E-state index contributed by atoms with van der Waals surface area (Å²) >= 11 is 1.68. The fourth-order valence-electron chi connectivity index (χ4n) is 2.07. The molecular formula is C11H21N5O2S. The van der Waals surface area contributed by atoms with Gasteiger partial charge in [-0.25, -0.2) is 4.68 Å². The van der Waals surface area contributed by atoms with Crippen molar-refractivity contribution in [2.24, 2.45) is 0 Å². The number of nitrogens with zero attached hydrogens (tertiary/aromatic N) is 5. The van der Waals surface area contributed by atoms with Gasteiger partial charge in [0.15, 0.2) is 6.29 Å². The van der Waals surface area contributed by atoms with Crippen molar-refractivity contribution in [1.82, 2.24) is 25.1 Å². The molecule has 19 heavy (non-hydrogen) atoms. The van der Waals surface area contributed by atoms with Crippen LogP contribution in [-0.4, -0.2) is 71.0 Å². The molecule has 0 radical (unpaired) electrons. The summed E-state index contributed by atoms with van der Waals surface area (Å²) in [6.45, 7) is 4.05. The molecule has 0 saturated carbocycles. The highest BCUT2D eigenvalue weighted by molar-refractivity contribution is 7.99. The number of aromatic nitrogens is 4. The Bertz CT molecular complexity index is 366. The van der Waals surface area contributed by atoms with E-state index in [1.165, 1.54) is 25.9 Å². The van der Waals surface area contributed by atoms with Crippen molar-refractivity contribution >= 4 is 11.8 Å². The van der Waals surface area contributed by atoms with E-state index in [1.807, 2.05) is 0 Å². The minimum absolute atomic E-state index is 0.318. The van der Waals surface area contributed by atoms with Crippen molar-refractivity contribution in [3.8, 4) is 0 Å². The van der Waals surface area contributed by atoms with Crippen molar-refractivity contribution in [3.63, 3.8) is 0 Å². The van der Waals surface area contributed by atoms with Crippen LogP contribution in [0.4, 0.5) is 0 Å². The lowest BCUT2D eigenvalue weighted by atomic mass is 10.4. The Kier molecular flexibility index (Phi) is 6.02. The van der Waals surface area contributed by atoms with Gasteiger partial charge in [0.25, 0.3) is 0 Å². The van der Waals surface area contributed by atoms with E-state index in [9.17, 15) is 0 Å². The smallest absolute Gasteiger partial charge is 0.209 e. The molecule has 0 bridgehead atoms. The minimum Gasteiger partial charge on any atom is -0.354 e. The van der Waals surface area contributed by atoms with Crippen LogP contribution >= 0.6 is 11.8 Å². The van der Waals surface area contributed by atoms with Crippen molar-refractivity contribution in [1.29, 1.82) is 0 Å². The third kappa shape index (κ3) is 4.41. The van der Waals surface area contributed by atoms with Crippen LogP contribution in [0.25, 0.3) is 0 Å². The third-order valence-electron chi connectivity index (χ3n) is 3.18. The first-order valence-corrected chi connectivity index (χ1v) is 7.49. The second kappa shape index (κ2) is 7.78. The monoisotopic (exact) mass is 287 g/mol. The maximum atomic E-state index is 5.16. The summed E-state index contributed by atoms with van der Waals surface area (Å²) in [6.07, 6.45) is 2.33. The summed E-state index contributed by atoms with van der Waals surface area (Å²) in [5.41, 5.74) is 0. The molecule has 0 atom stereocenters. The lowest BCUT2D eigenvalue weighted by Crippen LogP contribution is -2.23. The highest BCUT2D eigenvalue weighted by atomic mass is 32.2. The average molecular weight is 287 g/mol. The first kappa shape index (κ1) is 14.7. The molecule has 1 aliphatic heterocycles. The van der Waals surface area contributed by atoms with E-state index in [-0.39, 0.29) is 6.29 Å². The van der Waals surface area contributed by atoms with E-state index in [0.29, 0.717) is 6.54 Å². The molecule has 2 heterocycles. The number of hydrogen-bond donors (Lipinski definition) is 0. The summed E-state index contributed by atoms with van der Waals surface area (Å²) in [6, 6.07) is 0. The quantitative estimate of drug-likeness (QED) is 0.509. The van der Waals surface area contributed by atoms with E-state index in [1.54, 1.807) is 30.7 Å². The summed E-state index contributed by atoms with van der Waals surface area (Å²) in [7, 11) is 3.22. The first-order valence-electron chi connectivity index (χ1n) is 6.50. The molecule has 1 aromatic heterocycles. The Labute approximate surface area is 117 Å². The van der Waals surface area contributed by atoms with Gasteiger partial charge in [-0.3, -0.25) is 0 Å². The van der Waals surface area contributed by atoms with Crippen LogP contribution in [0.2, 0.25) is 0 Å². The number of likely N-dealkylation sites (tertiary alicyclic amines) is 1. The number of ether oxygens (including phenoxy) is 2. The summed E-state index contributed by atoms with van der Waals surface area (Å²) in [5.74, 6) is 1.00. The molecule has 0 N–H and O–H groups in total. The highest BCUT2D eigenvalue weighted by Crippen LogP contribution is 2.16. The molecule has 0 spiro atoms. The lowest BCUT2D eigenvalue weighted by Gasteiger charge is -2.15. The van der Waals surface area contributed by atoms with Gasteiger partial charge >= 0.3 is 0 Å². The maximum Gasteiger partial charge on any atom is 0.209 e. The van der Waals surface area contributed by atoms with Crippen LogP contribution in [0.15, 0.2) is 5.16 Å². The lowest BCUT2D eigenvalue weighted by molar-refractivity contribution is -0.113. The maximum absolute atomic E-state index is 5.16. The molecule has 0 aromatic carbocycles. The van der Waals surface area contributed by atoms with Crippen LogP contribution < -0.4 is 0 Å². The number of thioether (sulfide) groups is 1. The zero-order chi connectivity index (χ0) is 13.5. The van der Waals surface area contributed by atoms with Crippen LogP contribution in [0.5, 0.6) is 0 Å². The molecule has 108 valence electrons. The summed E-state index contributed by atoms with van der Waals surface area (Å²) < 4.78 is 12.0. The van der Waals surface area contributed by atoms with E-state index in [4.69, 9.17) is 9.47 Å². The molecule has 8 heteroatoms. The van der Waals surface area contributed by atoms with Crippen LogP contribution in [0, 0.1) is 0 Å². The molecule has 1 fully saturated rings. The van der Waals surface area contributed by atoms with Gasteiger partial charge in [0.1, 0.15) is 0 Å². The third-order valence-corrected chi connectivity index (χ3v) is 4.12. The zero-order valence-corrected chi connectivity index (χ0v) is 12.3. The van der Waals surface area contributed by atoms with Crippen LogP contribution in [0.1, 0.15) is 12.8 Å². The summed E-state index contributed by atoms with van der Waals surface area (Å²) in [4.78, 5) is 2.48. The molecule has 0 aliphatic carbocycles. The topological polar surface area (TPSA) is 65.3 Å². The second-order valence-electron chi connectivity index (χ2n) is 4.44. The largest absolute Gasteiger partial charge is 0.354 e. The predicted octanol–water partition coefficient (Wildman–Crippen LogP) is 0.480. The van der Waals surface area contributed by atoms with E-state index in [0.717, 1.165) is 17.5 Å². The van der Waals surface area contributed by atoms with Gasteiger partial charge in [0.2, 0.25) is 5.16 Å². The average Bonchev–Trinajstić information content (AvgIpc) is 3.08. The van der Waals surface area contributed by atoms with Gasteiger partial charge in [-0.2, -0.15) is 0 Å². The van der Waals surface area contributed by atoms with Gasteiger partial charge in [0, 0.05) is 26.5 Å². The molecule has 1 aromatic rings. The first-order chi connectivity index (χ1) is 9.33. The fraction of sp³-hybridized carbons (Fsp3) is 0.909. The molecule has 0 unspecified atom stereocenters. The van der Waals surface area contributed by atoms with Crippen molar-refractivity contribution in [2.75, 3.05) is 39.6 Å². The van der Waals surface area contributed by atoms with Gasteiger partial charge in [-0.1, -0.05) is 11.8 Å². The Morgan fingerprint density at radius 3 is 2.68 bits per heavy atom. The SMILES string of the molecule is COC(Cn1nnnc1SCCN1CCCC1)OC. The predicted molar refractivity (Wildman–Crippen MR) is 72.0 cm³/mol. The molecule has 2 rings (SSSR count). The van der Waals surface area contributed by atoms with E-state index in [2.05, 4.69) is 20.4 Å². The normalized spacial score (nSPS) is 16.6. The Hall–Kier alpha value is -0.700. The molecular weight excluding hydrogens is 266 g/mol. The standard InChI is InChI=1S/C11H21N5O2S/c1-17-10(18-2)9-16-11(12-13-14-16)19-8-7-15-5-3-4-6-15/h10H,3-9H2,1-2H3. The molecule has 1 saturated heterocycles. The number of tetrazole rings is 1. The number of methoxy groups -OCH3 is 2. The molecule has 1 aliphatic rings. The molecule has 7 nitrogen and oxygen atoms in total. The van der Waals surface area contributed by atoms with Gasteiger partial charge in [0.05, 0.1) is 6.54 Å². The van der Waals surface area contributed by atoms with Gasteiger partial charge in [-0.15, -0.1) is 5.10 Å². The summed E-state index contributed by atoms with van der Waals surface area (Å²) in [5, 5.41) is 12.5. The zero-order valence-electron chi connectivity index (χ0n) is 11.5. The second-order valence-corrected chi connectivity index (χ2v) is 5.50. The van der Waals surface area contributed by atoms with E-state index >= 15 is 0 Å².